The van der Waals surface area contributed by atoms with Crippen LogP contribution < -0.4 is 0 Å². The summed E-state index contributed by atoms with van der Waals surface area (Å²) in [6.45, 7) is 9.78. The van der Waals surface area contributed by atoms with Crippen molar-refractivity contribution in [1.29, 1.82) is 0 Å². The Kier molecular flexibility index (Phi) is 5.61. The molecule has 134 valence electrons. The fourth-order valence-corrected chi connectivity index (χ4v) is 2.39. The van der Waals surface area contributed by atoms with E-state index in [1.54, 1.807) is 18.5 Å². The van der Waals surface area contributed by atoms with Gasteiger partial charge >= 0.3 is 0 Å². The molecule has 2 aromatic heterocycles. The highest BCUT2D eigenvalue weighted by Crippen LogP contribution is 2.20. The maximum atomic E-state index is 4.64. The van der Waals surface area contributed by atoms with Crippen LogP contribution in [0.15, 0.2) is 72.5 Å². The highest BCUT2D eigenvalue weighted by molar-refractivity contribution is 6.06. The van der Waals surface area contributed by atoms with Gasteiger partial charge in [-0.05, 0) is 38.5 Å². The van der Waals surface area contributed by atoms with Gasteiger partial charge in [-0.3, -0.25) is 9.98 Å². The van der Waals surface area contributed by atoms with Crippen molar-refractivity contribution < 1.29 is 0 Å². The van der Waals surface area contributed by atoms with Gasteiger partial charge in [0.15, 0.2) is 17.5 Å². The number of hydrogen-bond donors (Lipinski definition) is 0. The first-order chi connectivity index (χ1) is 13.1. The Labute approximate surface area is 159 Å². The van der Waals surface area contributed by atoms with Crippen LogP contribution >= 0.6 is 0 Å². The average Bonchev–Trinajstić information content (AvgIpc) is 2.69. The summed E-state index contributed by atoms with van der Waals surface area (Å²) >= 11 is 0. The molecular weight excluding hydrogens is 334 g/mol. The highest BCUT2D eigenvalue weighted by Gasteiger charge is 2.13. The van der Waals surface area contributed by atoms with Crippen molar-refractivity contribution in [3.05, 3.63) is 84.5 Å². The molecule has 0 amide bonds. The number of pyridine rings is 1. The molecule has 0 aliphatic carbocycles. The van der Waals surface area contributed by atoms with E-state index in [1.807, 2.05) is 63.2 Å². The quantitative estimate of drug-likeness (QED) is 0.621. The first kappa shape index (κ1) is 18.3. The molecule has 27 heavy (non-hydrogen) atoms. The van der Waals surface area contributed by atoms with Crippen LogP contribution in [0.3, 0.4) is 0 Å². The molecular formula is C22H21N5. The monoisotopic (exact) mass is 355 g/mol. The van der Waals surface area contributed by atoms with Crippen LogP contribution in [0.4, 0.5) is 0 Å². The van der Waals surface area contributed by atoms with Gasteiger partial charge in [-0.1, -0.05) is 48.6 Å². The minimum absolute atomic E-state index is 0.464. The molecule has 0 aliphatic rings. The third-order valence-electron chi connectivity index (χ3n) is 3.87. The molecule has 0 spiro atoms. The van der Waals surface area contributed by atoms with Gasteiger partial charge in [-0.2, -0.15) is 0 Å². The van der Waals surface area contributed by atoms with Crippen molar-refractivity contribution in [1.82, 2.24) is 19.9 Å². The summed E-state index contributed by atoms with van der Waals surface area (Å²) in [4.78, 5) is 22.7. The van der Waals surface area contributed by atoms with Crippen LogP contribution in [0.2, 0.25) is 0 Å². The Morgan fingerprint density at radius 3 is 2.26 bits per heavy atom. The molecule has 3 rings (SSSR count). The predicted octanol–water partition coefficient (Wildman–Crippen LogP) is 4.73. The minimum atomic E-state index is 0.464. The van der Waals surface area contributed by atoms with E-state index in [1.165, 1.54) is 5.56 Å². The van der Waals surface area contributed by atoms with Crippen molar-refractivity contribution in [2.24, 2.45) is 4.99 Å². The van der Waals surface area contributed by atoms with Crippen LogP contribution in [-0.2, 0) is 0 Å². The number of hydrogen-bond acceptors (Lipinski definition) is 5. The van der Waals surface area contributed by atoms with Crippen LogP contribution in [0.25, 0.3) is 22.9 Å². The number of allylic oxidation sites excluding steroid dienone is 2. The Morgan fingerprint density at radius 1 is 0.926 bits per heavy atom. The highest BCUT2D eigenvalue weighted by atomic mass is 15.1. The Balaban J connectivity index is 2.19. The van der Waals surface area contributed by atoms with Crippen LogP contribution in [-0.4, -0.2) is 25.6 Å². The van der Waals surface area contributed by atoms with Crippen molar-refractivity contribution >= 4 is 5.71 Å². The predicted molar refractivity (Wildman–Crippen MR) is 110 cm³/mol. The topological polar surface area (TPSA) is 63.9 Å². The second-order valence-electron chi connectivity index (χ2n) is 6.09. The van der Waals surface area contributed by atoms with Crippen molar-refractivity contribution in [3.8, 4) is 22.9 Å². The number of rotatable bonds is 5. The van der Waals surface area contributed by atoms with Gasteiger partial charge in [0.25, 0.3) is 0 Å². The molecule has 5 nitrogen and oxygen atoms in total. The summed E-state index contributed by atoms with van der Waals surface area (Å²) < 4.78 is 0. The molecule has 0 fully saturated rings. The van der Waals surface area contributed by atoms with Crippen molar-refractivity contribution in [2.75, 3.05) is 0 Å². The summed E-state index contributed by atoms with van der Waals surface area (Å²) in [6.07, 6.45) is 6.97. The largest absolute Gasteiger partial charge is 0.253 e. The lowest BCUT2D eigenvalue weighted by atomic mass is 10.1. The van der Waals surface area contributed by atoms with Crippen LogP contribution in [0.1, 0.15) is 23.9 Å². The van der Waals surface area contributed by atoms with Crippen molar-refractivity contribution in [3.63, 3.8) is 0 Å². The lowest BCUT2D eigenvalue weighted by molar-refractivity contribution is 1.03. The van der Waals surface area contributed by atoms with Gasteiger partial charge in [0.1, 0.15) is 11.4 Å². The molecule has 2 heterocycles. The Morgan fingerprint density at radius 2 is 1.63 bits per heavy atom. The first-order valence-corrected chi connectivity index (χ1v) is 8.68. The number of aromatic nitrogens is 4. The number of benzene rings is 1. The first-order valence-electron chi connectivity index (χ1n) is 8.68. The van der Waals surface area contributed by atoms with E-state index in [2.05, 4.69) is 31.5 Å². The maximum absolute atomic E-state index is 4.64. The summed E-state index contributed by atoms with van der Waals surface area (Å²) in [5.41, 5.74) is 4.43. The van der Waals surface area contributed by atoms with E-state index < -0.39 is 0 Å². The summed E-state index contributed by atoms with van der Waals surface area (Å²) in [5.74, 6) is 1.55. The van der Waals surface area contributed by atoms with E-state index in [4.69, 9.17) is 0 Å². The smallest absolute Gasteiger partial charge is 0.182 e. The summed E-state index contributed by atoms with van der Waals surface area (Å²) in [7, 11) is 0. The SMILES string of the molecule is C=CC(=N/C=C/C)c1nc(-c2ccc(C)cc2)nc(-c2ccc(C)cn2)n1. The molecule has 0 aliphatic heterocycles. The fraction of sp³-hybridized carbons (Fsp3) is 0.136. The van der Waals surface area contributed by atoms with E-state index in [-0.39, 0.29) is 0 Å². The lowest BCUT2D eigenvalue weighted by Gasteiger charge is -2.08. The third-order valence-corrected chi connectivity index (χ3v) is 3.87. The van der Waals surface area contributed by atoms with Gasteiger partial charge in [0, 0.05) is 18.0 Å². The van der Waals surface area contributed by atoms with Gasteiger partial charge in [-0.15, -0.1) is 0 Å². The fourth-order valence-electron chi connectivity index (χ4n) is 2.39. The average molecular weight is 355 g/mol. The van der Waals surface area contributed by atoms with Crippen LogP contribution in [0.5, 0.6) is 0 Å². The second-order valence-corrected chi connectivity index (χ2v) is 6.09. The van der Waals surface area contributed by atoms with E-state index >= 15 is 0 Å². The second kappa shape index (κ2) is 8.27. The van der Waals surface area contributed by atoms with Crippen LogP contribution in [0, 0.1) is 13.8 Å². The molecule has 3 aromatic rings. The van der Waals surface area contributed by atoms with Gasteiger partial charge in [0.05, 0.1) is 0 Å². The van der Waals surface area contributed by atoms with E-state index in [0.29, 0.717) is 28.9 Å². The molecule has 0 unspecified atom stereocenters. The minimum Gasteiger partial charge on any atom is -0.253 e. The molecule has 0 bridgehead atoms. The molecule has 0 saturated heterocycles. The number of aliphatic imine (C=N–C) groups is 1. The Hall–Kier alpha value is -3.47. The summed E-state index contributed by atoms with van der Waals surface area (Å²) in [6, 6.07) is 12.0. The maximum Gasteiger partial charge on any atom is 0.182 e. The van der Waals surface area contributed by atoms with E-state index in [9.17, 15) is 0 Å². The zero-order chi connectivity index (χ0) is 19.2. The third kappa shape index (κ3) is 4.39. The van der Waals surface area contributed by atoms with Crippen molar-refractivity contribution in [2.45, 2.75) is 20.8 Å². The summed E-state index contributed by atoms with van der Waals surface area (Å²) in [5, 5.41) is 0. The zero-order valence-electron chi connectivity index (χ0n) is 15.7. The molecule has 5 heteroatoms. The number of aryl methyl sites for hydroxylation is 2. The normalized spacial score (nSPS) is 11.7. The van der Waals surface area contributed by atoms with Gasteiger partial charge in [0.2, 0.25) is 0 Å². The van der Waals surface area contributed by atoms with Gasteiger partial charge < -0.3 is 0 Å². The van der Waals surface area contributed by atoms with E-state index in [0.717, 1.165) is 11.1 Å². The lowest BCUT2D eigenvalue weighted by Crippen LogP contribution is -2.09. The molecule has 0 saturated carbocycles. The standard InChI is InChI=1S/C22H21N5/c1-5-13-23-18(6-2)21-25-20(17-10-7-15(3)8-11-17)26-22(27-21)19-12-9-16(4)14-24-19/h5-14H,2H2,1,3-4H3/b13-5+,23-18?. The molecule has 0 N–H and O–H groups in total. The molecule has 0 radical (unpaired) electrons. The molecule has 1 aromatic carbocycles. The number of nitrogens with zero attached hydrogens (tertiary/aromatic N) is 5. The molecule has 0 atom stereocenters. The zero-order valence-corrected chi connectivity index (χ0v) is 15.7. The Bertz CT molecular complexity index is 936. The van der Waals surface area contributed by atoms with Gasteiger partial charge in [-0.25, -0.2) is 15.0 Å².